The molecule has 220 valence electrons. The van der Waals surface area contributed by atoms with Crippen LogP contribution in [0.15, 0.2) is 103 Å². The molecule has 43 heavy (non-hydrogen) atoms. The van der Waals surface area contributed by atoms with Crippen molar-refractivity contribution < 1.29 is 32.6 Å². The van der Waals surface area contributed by atoms with Crippen molar-refractivity contribution in [2.24, 2.45) is 0 Å². The van der Waals surface area contributed by atoms with Crippen LogP contribution in [-0.2, 0) is 6.42 Å². The quantitative estimate of drug-likeness (QED) is 0.146. The van der Waals surface area contributed by atoms with Gasteiger partial charge in [-0.05, 0) is 92.0 Å². The summed E-state index contributed by atoms with van der Waals surface area (Å²) in [6, 6.07) is 26.4. The molecule has 0 N–H and O–H groups in total. The maximum absolute atomic E-state index is 12.6. The first kappa shape index (κ1) is 30.3. The third-order valence-electron chi connectivity index (χ3n) is 6.74. The largest absolute Gasteiger partial charge is 0.493 e. The molecule has 6 aromatic rings. The normalized spacial score (nSPS) is 10.7. The van der Waals surface area contributed by atoms with E-state index in [9.17, 15) is 4.79 Å². The maximum atomic E-state index is 12.6. The van der Waals surface area contributed by atoms with Gasteiger partial charge in [-0.15, -0.1) is 0 Å². The van der Waals surface area contributed by atoms with Gasteiger partial charge in [-0.3, -0.25) is 4.79 Å². The van der Waals surface area contributed by atoms with Crippen molar-refractivity contribution in [1.82, 2.24) is 0 Å². The zero-order valence-corrected chi connectivity index (χ0v) is 27.1. The van der Waals surface area contributed by atoms with Gasteiger partial charge in [0.2, 0.25) is 5.78 Å². The smallest absolute Gasteiger partial charge is 0.228 e. The van der Waals surface area contributed by atoms with E-state index in [1.807, 2.05) is 54.6 Å². The number of furan rings is 2. The van der Waals surface area contributed by atoms with E-state index in [0.29, 0.717) is 29.1 Å². The van der Waals surface area contributed by atoms with Gasteiger partial charge in [0, 0.05) is 22.8 Å². The Balaban J connectivity index is 0.000000171. The van der Waals surface area contributed by atoms with Gasteiger partial charge in [0.15, 0.2) is 28.8 Å². The van der Waals surface area contributed by atoms with Gasteiger partial charge in [0.05, 0.1) is 37.4 Å². The molecule has 0 amide bonds. The molecule has 0 spiro atoms. The van der Waals surface area contributed by atoms with Crippen LogP contribution in [0.3, 0.4) is 0 Å². The first-order chi connectivity index (χ1) is 20.8. The monoisotopic (exact) mass is 706 g/mol. The molecule has 0 bridgehead atoms. The van der Waals surface area contributed by atoms with Gasteiger partial charge in [-0.1, -0.05) is 30.3 Å². The second kappa shape index (κ2) is 13.4. The summed E-state index contributed by atoms with van der Waals surface area (Å²) >= 11 is 6.92. The molecular weight excluding hydrogens is 680 g/mol. The minimum absolute atomic E-state index is 0.205. The predicted molar refractivity (Wildman–Crippen MR) is 173 cm³/mol. The zero-order chi connectivity index (χ0) is 30.5. The van der Waals surface area contributed by atoms with Crippen molar-refractivity contribution in [3.05, 3.63) is 117 Å². The highest BCUT2D eigenvalue weighted by molar-refractivity contribution is 9.11. The molecule has 0 fully saturated rings. The third kappa shape index (κ3) is 6.58. The Morgan fingerprint density at radius 3 is 1.77 bits per heavy atom. The summed E-state index contributed by atoms with van der Waals surface area (Å²) in [6.45, 7) is 0. The number of ketones is 1. The van der Waals surface area contributed by atoms with Crippen molar-refractivity contribution in [2.45, 2.75) is 6.42 Å². The molecule has 2 aromatic heterocycles. The number of hydrogen-bond donors (Lipinski definition) is 0. The number of ether oxygens (including phenoxy) is 4. The van der Waals surface area contributed by atoms with E-state index in [1.165, 1.54) is 7.11 Å². The van der Waals surface area contributed by atoms with Crippen molar-refractivity contribution in [3.8, 4) is 23.0 Å². The van der Waals surface area contributed by atoms with Crippen LogP contribution in [0.4, 0.5) is 0 Å². The topological polar surface area (TPSA) is 80.3 Å². The SMILES string of the molecule is COc1ccc(C(=O)c2cc3cccc(Br)c3o2)cc1OC.COc1ccc(Cc2cc3cccc(Br)c3o2)cc1OC. The van der Waals surface area contributed by atoms with E-state index < -0.39 is 0 Å². The highest BCUT2D eigenvalue weighted by Gasteiger charge is 2.18. The molecule has 0 aliphatic heterocycles. The highest BCUT2D eigenvalue weighted by Crippen LogP contribution is 2.33. The van der Waals surface area contributed by atoms with Crippen LogP contribution in [0, 0.1) is 0 Å². The summed E-state index contributed by atoms with van der Waals surface area (Å²) in [7, 11) is 6.36. The molecule has 6 rings (SSSR count). The van der Waals surface area contributed by atoms with Gasteiger partial charge in [-0.25, -0.2) is 0 Å². The lowest BCUT2D eigenvalue weighted by atomic mass is 10.1. The van der Waals surface area contributed by atoms with Gasteiger partial charge in [0.25, 0.3) is 0 Å². The van der Waals surface area contributed by atoms with Crippen LogP contribution in [0.5, 0.6) is 23.0 Å². The summed E-state index contributed by atoms with van der Waals surface area (Å²) in [6.07, 6.45) is 0.710. The molecule has 0 radical (unpaired) electrons. The first-order valence-corrected chi connectivity index (χ1v) is 14.8. The van der Waals surface area contributed by atoms with E-state index in [-0.39, 0.29) is 11.5 Å². The lowest BCUT2D eigenvalue weighted by Crippen LogP contribution is -2.01. The Hall–Kier alpha value is -4.21. The Morgan fingerprint density at radius 2 is 1.19 bits per heavy atom. The fourth-order valence-corrected chi connectivity index (χ4v) is 5.54. The van der Waals surface area contributed by atoms with Gasteiger partial charge in [-0.2, -0.15) is 0 Å². The van der Waals surface area contributed by atoms with E-state index in [0.717, 1.165) is 48.1 Å². The zero-order valence-electron chi connectivity index (χ0n) is 23.9. The number of hydrogen-bond acceptors (Lipinski definition) is 7. The Labute approximate surface area is 265 Å². The number of carbonyl (C=O) groups is 1. The van der Waals surface area contributed by atoms with Gasteiger partial charge >= 0.3 is 0 Å². The molecule has 0 saturated carbocycles. The molecule has 0 aliphatic carbocycles. The molecular formula is C34H28Br2O7. The molecule has 0 atom stereocenters. The molecule has 9 heteroatoms. The number of fused-ring (bicyclic) bond motifs is 2. The summed E-state index contributed by atoms with van der Waals surface area (Å²) < 4.78 is 34.4. The fraction of sp³-hybridized carbons (Fsp3) is 0.147. The number of methoxy groups -OCH3 is 4. The number of para-hydroxylation sites is 2. The van der Waals surface area contributed by atoms with Crippen LogP contribution in [-0.4, -0.2) is 34.2 Å². The predicted octanol–water partition coefficient (Wildman–Crippen LogP) is 9.25. The second-order valence-corrected chi connectivity index (χ2v) is 11.1. The maximum Gasteiger partial charge on any atom is 0.228 e. The van der Waals surface area contributed by atoms with Gasteiger partial charge < -0.3 is 27.8 Å². The van der Waals surface area contributed by atoms with Gasteiger partial charge in [0.1, 0.15) is 16.9 Å². The van der Waals surface area contributed by atoms with Crippen LogP contribution in [0.2, 0.25) is 0 Å². The first-order valence-electron chi connectivity index (χ1n) is 13.2. The molecule has 0 saturated heterocycles. The summed E-state index contributed by atoms with van der Waals surface area (Å²) in [5, 5.41) is 1.97. The van der Waals surface area contributed by atoms with E-state index in [2.05, 4.69) is 37.9 Å². The molecule has 0 unspecified atom stereocenters. The summed E-state index contributed by atoms with van der Waals surface area (Å²) in [4.78, 5) is 12.6. The molecule has 4 aromatic carbocycles. The fourth-order valence-electron chi connectivity index (χ4n) is 4.62. The standard InChI is InChI=1S/C17H13BrO4.C17H15BrO3/c1-20-13-7-6-10(8-14(13)21-2)16(19)15-9-11-4-3-5-12(18)17(11)22-15;1-19-15-7-6-11(9-16(15)20-2)8-13-10-12-4-3-5-14(18)17(12)21-13/h3-9H,1-2H3;3-7,9-10H,8H2,1-2H3. The van der Waals surface area contributed by atoms with Crippen molar-refractivity contribution in [2.75, 3.05) is 28.4 Å². The molecule has 7 nitrogen and oxygen atoms in total. The van der Waals surface area contributed by atoms with Crippen molar-refractivity contribution in [3.63, 3.8) is 0 Å². The van der Waals surface area contributed by atoms with E-state index in [1.54, 1.807) is 45.6 Å². The highest BCUT2D eigenvalue weighted by atomic mass is 79.9. The Kier molecular flexibility index (Phi) is 9.43. The second-order valence-electron chi connectivity index (χ2n) is 9.40. The van der Waals surface area contributed by atoms with E-state index in [4.69, 9.17) is 27.8 Å². The van der Waals surface area contributed by atoms with Crippen LogP contribution in [0.25, 0.3) is 21.9 Å². The van der Waals surface area contributed by atoms with E-state index >= 15 is 0 Å². The average Bonchev–Trinajstić information content (AvgIpc) is 3.66. The number of halogens is 2. The van der Waals surface area contributed by atoms with Crippen LogP contribution >= 0.6 is 31.9 Å². The minimum atomic E-state index is -0.205. The number of rotatable bonds is 8. The summed E-state index contributed by atoms with van der Waals surface area (Å²) in [5.74, 6) is 3.54. The van der Waals surface area contributed by atoms with Crippen molar-refractivity contribution >= 4 is 59.6 Å². The third-order valence-corrected chi connectivity index (χ3v) is 7.99. The molecule has 2 heterocycles. The number of carbonyl (C=O) groups excluding carboxylic acids is 1. The van der Waals surface area contributed by atoms with Crippen molar-refractivity contribution in [1.29, 1.82) is 0 Å². The number of benzene rings is 4. The lowest BCUT2D eigenvalue weighted by molar-refractivity contribution is 0.101. The minimum Gasteiger partial charge on any atom is -0.493 e. The average molecular weight is 708 g/mol. The Morgan fingerprint density at radius 1 is 0.628 bits per heavy atom. The Bertz CT molecular complexity index is 1900. The summed E-state index contributed by atoms with van der Waals surface area (Å²) in [5.41, 5.74) is 3.13. The van der Waals surface area contributed by atoms with Crippen LogP contribution in [0.1, 0.15) is 27.4 Å². The lowest BCUT2D eigenvalue weighted by Gasteiger charge is -2.08. The molecule has 0 aliphatic rings. The van der Waals surface area contributed by atoms with Crippen LogP contribution < -0.4 is 18.9 Å².